The van der Waals surface area contributed by atoms with Gasteiger partial charge < -0.3 is 4.74 Å². The minimum Gasteiger partial charge on any atom is -0.462 e. The summed E-state index contributed by atoms with van der Waals surface area (Å²) >= 11 is 0. The molecule has 0 atom stereocenters. The van der Waals surface area contributed by atoms with Crippen molar-refractivity contribution in [3.05, 3.63) is 12.2 Å². The van der Waals surface area contributed by atoms with E-state index in [1.54, 1.807) is 6.08 Å². The van der Waals surface area contributed by atoms with E-state index in [1.165, 1.54) is 19.3 Å². The molecule has 2 rings (SSSR count). The minimum atomic E-state index is 0.0694. The van der Waals surface area contributed by atoms with Gasteiger partial charge in [-0.3, -0.25) is 4.79 Å². The fourth-order valence-corrected chi connectivity index (χ4v) is 4.07. The molecule has 0 radical (unpaired) electrons. The molecule has 0 amide bonds. The molecule has 23 heavy (non-hydrogen) atoms. The number of nitrogens with zero attached hydrogens (tertiary/aromatic N) is 1. The van der Waals surface area contributed by atoms with Gasteiger partial charge in [-0.15, -0.1) is 0 Å². The Bertz CT molecular complexity index is 421. The van der Waals surface area contributed by atoms with Gasteiger partial charge >= 0.3 is 5.97 Å². The molecular weight excluding hydrogens is 286 g/mol. The quantitative estimate of drug-likeness (QED) is 0.502. The lowest BCUT2D eigenvalue weighted by atomic mass is 9.80. The zero-order valence-corrected chi connectivity index (χ0v) is 14.5. The smallest absolute Gasteiger partial charge is 0.309 e. The number of ether oxygens (including phenoxy) is 1. The van der Waals surface area contributed by atoms with Gasteiger partial charge in [0.2, 0.25) is 0 Å². The highest BCUT2D eigenvalue weighted by atomic mass is 16.5. The zero-order valence-electron chi connectivity index (χ0n) is 14.5. The molecule has 0 bridgehead atoms. The average molecular weight is 317 g/mol. The summed E-state index contributed by atoms with van der Waals surface area (Å²) in [5, 5.41) is 8.47. The van der Waals surface area contributed by atoms with Crippen molar-refractivity contribution in [2.45, 2.75) is 83.7 Å². The van der Waals surface area contributed by atoms with E-state index in [0.717, 1.165) is 63.2 Å². The fourth-order valence-electron chi connectivity index (χ4n) is 4.07. The molecule has 2 saturated carbocycles. The van der Waals surface area contributed by atoms with Gasteiger partial charge in [0.1, 0.15) is 6.10 Å². The number of esters is 1. The first kappa shape index (κ1) is 18.0. The number of allylic oxidation sites excluding steroid dienone is 2. The predicted molar refractivity (Wildman–Crippen MR) is 91.6 cm³/mol. The molecule has 3 heteroatoms. The second-order valence-electron chi connectivity index (χ2n) is 7.31. The molecule has 0 aliphatic heterocycles. The van der Waals surface area contributed by atoms with Crippen molar-refractivity contribution in [2.75, 3.05) is 0 Å². The lowest BCUT2D eigenvalue weighted by Gasteiger charge is -2.31. The Hall–Kier alpha value is -1.30. The molecule has 0 spiro atoms. The first-order valence-corrected chi connectivity index (χ1v) is 9.48. The van der Waals surface area contributed by atoms with E-state index in [0.29, 0.717) is 0 Å². The van der Waals surface area contributed by atoms with Gasteiger partial charge in [0.15, 0.2) is 0 Å². The van der Waals surface area contributed by atoms with E-state index < -0.39 is 0 Å². The van der Waals surface area contributed by atoms with Crippen molar-refractivity contribution in [3.63, 3.8) is 0 Å². The number of hydrogen-bond acceptors (Lipinski definition) is 3. The summed E-state index contributed by atoms with van der Waals surface area (Å²) in [4.78, 5) is 12.3. The standard InChI is InChI=1S/C20H31NO2/c1-2-16-7-11-18(12-8-16)20(22)23-19-13-9-17(10-14-19)6-4-3-5-15-21/h3,5,16-19H,2,4,6-14H2,1H3. The van der Waals surface area contributed by atoms with Crippen LogP contribution in [-0.2, 0) is 9.53 Å². The summed E-state index contributed by atoms with van der Waals surface area (Å²) in [7, 11) is 0. The lowest BCUT2D eigenvalue weighted by Crippen LogP contribution is -2.30. The van der Waals surface area contributed by atoms with E-state index in [4.69, 9.17) is 10.00 Å². The van der Waals surface area contributed by atoms with Crippen LogP contribution in [0.2, 0.25) is 0 Å². The monoisotopic (exact) mass is 317 g/mol. The van der Waals surface area contributed by atoms with Crippen LogP contribution in [0.3, 0.4) is 0 Å². The van der Waals surface area contributed by atoms with Crippen LogP contribution in [0.4, 0.5) is 0 Å². The number of carbonyl (C=O) groups excluding carboxylic acids is 1. The Morgan fingerprint density at radius 3 is 2.35 bits per heavy atom. The fraction of sp³-hybridized carbons (Fsp3) is 0.800. The van der Waals surface area contributed by atoms with Crippen LogP contribution < -0.4 is 0 Å². The molecule has 0 aromatic heterocycles. The summed E-state index contributed by atoms with van der Waals surface area (Å²) in [6, 6.07) is 2.03. The van der Waals surface area contributed by atoms with E-state index in [1.807, 2.05) is 12.1 Å². The number of rotatable bonds is 6. The van der Waals surface area contributed by atoms with E-state index in [-0.39, 0.29) is 18.0 Å². The lowest BCUT2D eigenvalue weighted by molar-refractivity contribution is -0.157. The third-order valence-electron chi connectivity index (χ3n) is 5.77. The van der Waals surface area contributed by atoms with Crippen molar-refractivity contribution in [1.82, 2.24) is 0 Å². The number of carbonyl (C=O) groups is 1. The molecule has 3 nitrogen and oxygen atoms in total. The first-order chi connectivity index (χ1) is 11.2. The summed E-state index contributed by atoms with van der Waals surface area (Å²) in [5.41, 5.74) is 0. The molecule has 0 heterocycles. The normalized spacial score (nSPS) is 31.7. The number of nitriles is 1. The van der Waals surface area contributed by atoms with Crippen LogP contribution >= 0.6 is 0 Å². The van der Waals surface area contributed by atoms with E-state index in [9.17, 15) is 4.79 Å². The summed E-state index contributed by atoms with van der Waals surface area (Å²) in [5.74, 6) is 1.78. The van der Waals surface area contributed by atoms with Crippen LogP contribution in [0.1, 0.15) is 77.6 Å². The van der Waals surface area contributed by atoms with Gasteiger partial charge in [-0.1, -0.05) is 19.4 Å². The maximum atomic E-state index is 12.3. The maximum Gasteiger partial charge on any atom is 0.309 e. The Balaban J connectivity index is 1.63. The highest BCUT2D eigenvalue weighted by molar-refractivity contribution is 5.72. The molecular formula is C20H31NO2. The molecule has 0 aromatic carbocycles. The minimum absolute atomic E-state index is 0.0694. The second-order valence-corrected chi connectivity index (χ2v) is 7.31. The number of hydrogen-bond donors (Lipinski definition) is 0. The van der Waals surface area contributed by atoms with Gasteiger partial charge in [0, 0.05) is 6.08 Å². The van der Waals surface area contributed by atoms with E-state index in [2.05, 4.69) is 6.92 Å². The van der Waals surface area contributed by atoms with E-state index >= 15 is 0 Å². The summed E-state index contributed by atoms with van der Waals surface area (Å²) in [6.45, 7) is 2.25. The molecule has 0 unspecified atom stereocenters. The average Bonchev–Trinajstić information content (AvgIpc) is 2.60. The van der Waals surface area contributed by atoms with Crippen LogP contribution in [0.5, 0.6) is 0 Å². The molecule has 2 aliphatic rings. The maximum absolute atomic E-state index is 12.3. The molecule has 0 N–H and O–H groups in total. The van der Waals surface area contributed by atoms with Crippen molar-refractivity contribution in [2.24, 2.45) is 17.8 Å². The Kier molecular flexibility index (Phi) is 7.65. The summed E-state index contributed by atoms with van der Waals surface area (Å²) in [6.07, 6.45) is 15.8. The van der Waals surface area contributed by atoms with Crippen LogP contribution in [-0.4, -0.2) is 12.1 Å². The van der Waals surface area contributed by atoms with Crippen LogP contribution in [0.15, 0.2) is 12.2 Å². The molecule has 0 aromatic rings. The second kappa shape index (κ2) is 9.75. The van der Waals surface area contributed by atoms with Crippen LogP contribution in [0, 0.1) is 29.1 Å². The van der Waals surface area contributed by atoms with Gasteiger partial charge in [0.05, 0.1) is 12.0 Å². The predicted octanol–water partition coefficient (Wildman–Crippen LogP) is 5.16. The van der Waals surface area contributed by atoms with Gasteiger partial charge in [-0.25, -0.2) is 0 Å². The van der Waals surface area contributed by atoms with Crippen molar-refractivity contribution in [1.29, 1.82) is 5.26 Å². The third kappa shape index (κ3) is 6.01. The van der Waals surface area contributed by atoms with Crippen molar-refractivity contribution < 1.29 is 9.53 Å². The zero-order chi connectivity index (χ0) is 16.5. The van der Waals surface area contributed by atoms with Crippen molar-refractivity contribution in [3.8, 4) is 6.07 Å². The van der Waals surface area contributed by atoms with Crippen LogP contribution in [0.25, 0.3) is 0 Å². The highest BCUT2D eigenvalue weighted by Gasteiger charge is 2.30. The van der Waals surface area contributed by atoms with Gasteiger partial charge in [0.25, 0.3) is 0 Å². The van der Waals surface area contributed by atoms with Crippen molar-refractivity contribution >= 4 is 5.97 Å². The molecule has 0 saturated heterocycles. The Morgan fingerprint density at radius 2 is 1.74 bits per heavy atom. The third-order valence-corrected chi connectivity index (χ3v) is 5.77. The largest absolute Gasteiger partial charge is 0.462 e. The molecule has 2 fully saturated rings. The molecule has 2 aliphatic carbocycles. The summed E-state index contributed by atoms with van der Waals surface area (Å²) < 4.78 is 5.80. The Morgan fingerprint density at radius 1 is 1.09 bits per heavy atom. The highest BCUT2D eigenvalue weighted by Crippen LogP contribution is 2.33. The van der Waals surface area contributed by atoms with Gasteiger partial charge in [-0.05, 0) is 76.0 Å². The molecule has 128 valence electrons. The topological polar surface area (TPSA) is 50.1 Å². The Labute approximate surface area is 141 Å². The van der Waals surface area contributed by atoms with Gasteiger partial charge in [-0.2, -0.15) is 5.26 Å². The first-order valence-electron chi connectivity index (χ1n) is 9.48. The SMILES string of the molecule is CCC1CCC(C(=O)OC2CCC(CCC=CC#N)CC2)CC1.